The standard InChI is InChI=1S/C24H32N2O4S/c1-24(2,18-19-11-7-6-8-12-19)25-23(27)21-17-20(13-14-22(21)30-3)31(28,29)26-15-9-4-5-10-16-26/h6-8,11-14,17H,4-5,9-10,15-16,18H2,1-3H3,(H,25,27). The van der Waals surface area contributed by atoms with Crippen molar-refractivity contribution in [3.05, 3.63) is 59.7 Å². The fourth-order valence-electron chi connectivity index (χ4n) is 3.98. The summed E-state index contributed by atoms with van der Waals surface area (Å²) in [4.78, 5) is 13.3. The van der Waals surface area contributed by atoms with Gasteiger partial charge in [0.15, 0.2) is 0 Å². The van der Waals surface area contributed by atoms with Crippen molar-refractivity contribution in [3.8, 4) is 5.75 Å². The van der Waals surface area contributed by atoms with E-state index in [-0.39, 0.29) is 16.4 Å². The molecular formula is C24H32N2O4S. The molecule has 0 radical (unpaired) electrons. The summed E-state index contributed by atoms with van der Waals surface area (Å²) in [5, 5.41) is 3.04. The molecular weight excluding hydrogens is 412 g/mol. The summed E-state index contributed by atoms with van der Waals surface area (Å²) in [6.07, 6.45) is 4.44. The summed E-state index contributed by atoms with van der Waals surface area (Å²) in [5.41, 5.74) is 0.806. The number of nitrogens with zero attached hydrogens (tertiary/aromatic N) is 1. The smallest absolute Gasteiger partial charge is 0.255 e. The zero-order chi connectivity index (χ0) is 22.5. The van der Waals surface area contributed by atoms with E-state index in [2.05, 4.69) is 5.32 Å². The Hall–Kier alpha value is -2.38. The van der Waals surface area contributed by atoms with Gasteiger partial charge in [-0.3, -0.25) is 4.79 Å². The lowest BCUT2D eigenvalue weighted by atomic mass is 9.94. The molecule has 1 saturated heterocycles. The van der Waals surface area contributed by atoms with E-state index in [1.165, 1.54) is 23.5 Å². The van der Waals surface area contributed by atoms with Crippen molar-refractivity contribution in [2.45, 2.75) is 56.4 Å². The number of amides is 1. The first-order chi connectivity index (χ1) is 14.7. The van der Waals surface area contributed by atoms with E-state index in [0.29, 0.717) is 25.3 Å². The fraction of sp³-hybridized carbons (Fsp3) is 0.458. The van der Waals surface area contributed by atoms with Crippen LogP contribution in [0.4, 0.5) is 0 Å². The van der Waals surface area contributed by atoms with Crippen molar-refractivity contribution >= 4 is 15.9 Å². The maximum atomic E-state index is 13.2. The predicted molar refractivity (Wildman–Crippen MR) is 122 cm³/mol. The van der Waals surface area contributed by atoms with E-state index in [0.717, 1.165) is 31.2 Å². The second-order valence-corrected chi connectivity index (χ2v) is 10.6. The van der Waals surface area contributed by atoms with Crippen LogP contribution in [0.5, 0.6) is 5.75 Å². The van der Waals surface area contributed by atoms with Gasteiger partial charge in [-0.1, -0.05) is 43.2 Å². The first kappa shape index (κ1) is 23.3. The topological polar surface area (TPSA) is 75.7 Å². The number of sulfonamides is 1. The first-order valence-corrected chi connectivity index (χ1v) is 12.2. The molecule has 0 spiro atoms. The van der Waals surface area contributed by atoms with Crippen LogP contribution in [0, 0.1) is 0 Å². The zero-order valence-corrected chi connectivity index (χ0v) is 19.4. The fourth-order valence-corrected chi connectivity index (χ4v) is 5.52. The Balaban J connectivity index is 1.85. The van der Waals surface area contributed by atoms with Gasteiger partial charge >= 0.3 is 0 Å². The van der Waals surface area contributed by atoms with Gasteiger partial charge in [0.2, 0.25) is 10.0 Å². The lowest BCUT2D eigenvalue weighted by molar-refractivity contribution is 0.0909. The minimum Gasteiger partial charge on any atom is -0.496 e. The molecule has 1 aliphatic heterocycles. The average molecular weight is 445 g/mol. The molecule has 1 amide bonds. The van der Waals surface area contributed by atoms with E-state index in [9.17, 15) is 13.2 Å². The highest BCUT2D eigenvalue weighted by atomic mass is 32.2. The van der Waals surface area contributed by atoms with Crippen LogP contribution >= 0.6 is 0 Å². The van der Waals surface area contributed by atoms with Gasteiger partial charge < -0.3 is 10.1 Å². The minimum atomic E-state index is -3.66. The highest BCUT2D eigenvalue weighted by molar-refractivity contribution is 7.89. The van der Waals surface area contributed by atoms with E-state index < -0.39 is 15.6 Å². The predicted octanol–water partition coefficient (Wildman–Crippen LogP) is 4.01. The van der Waals surface area contributed by atoms with E-state index in [1.807, 2.05) is 44.2 Å². The minimum absolute atomic E-state index is 0.126. The lowest BCUT2D eigenvalue weighted by Crippen LogP contribution is -2.45. The quantitative estimate of drug-likeness (QED) is 0.700. The van der Waals surface area contributed by atoms with Gasteiger partial charge in [0.05, 0.1) is 17.6 Å². The summed E-state index contributed by atoms with van der Waals surface area (Å²) in [7, 11) is -2.18. The summed E-state index contributed by atoms with van der Waals surface area (Å²) in [6.45, 7) is 4.92. The van der Waals surface area contributed by atoms with Gasteiger partial charge in [-0.05, 0) is 56.9 Å². The van der Waals surface area contributed by atoms with Crippen LogP contribution in [0.1, 0.15) is 55.5 Å². The molecule has 0 aliphatic carbocycles. The Bertz CT molecular complexity index is 995. The number of ether oxygens (including phenoxy) is 1. The molecule has 168 valence electrons. The van der Waals surface area contributed by atoms with Crippen molar-refractivity contribution in [2.75, 3.05) is 20.2 Å². The van der Waals surface area contributed by atoms with Gasteiger partial charge in [-0.2, -0.15) is 4.31 Å². The maximum absolute atomic E-state index is 13.2. The molecule has 6 nitrogen and oxygen atoms in total. The molecule has 7 heteroatoms. The van der Waals surface area contributed by atoms with Crippen LogP contribution in [-0.2, 0) is 16.4 Å². The first-order valence-electron chi connectivity index (χ1n) is 10.8. The van der Waals surface area contributed by atoms with Crippen molar-refractivity contribution in [3.63, 3.8) is 0 Å². The molecule has 3 rings (SSSR count). The largest absolute Gasteiger partial charge is 0.496 e. The molecule has 31 heavy (non-hydrogen) atoms. The van der Waals surface area contributed by atoms with Crippen LogP contribution in [0.25, 0.3) is 0 Å². The SMILES string of the molecule is COc1ccc(S(=O)(=O)N2CCCCCC2)cc1C(=O)NC(C)(C)Cc1ccccc1. The normalized spacial score (nSPS) is 15.8. The Morgan fingerprint density at radius 1 is 1.03 bits per heavy atom. The Morgan fingerprint density at radius 2 is 1.68 bits per heavy atom. The maximum Gasteiger partial charge on any atom is 0.255 e. The number of rotatable bonds is 7. The monoisotopic (exact) mass is 444 g/mol. The summed E-state index contributed by atoms with van der Waals surface area (Å²) in [6, 6.07) is 14.4. The third-order valence-corrected chi connectivity index (χ3v) is 7.45. The van der Waals surface area contributed by atoms with E-state index in [1.54, 1.807) is 6.07 Å². The van der Waals surface area contributed by atoms with Crippen LogP contribution in [-0.4, -0.2) is 44.4 Å². The lowest BCUT2D eigenvalue weighted by Gasteiger charge is -2.27. The number of carbonyl (C=O) groups excluding carboxylic acids is 1. The molecule has 1 N–H and O–H groups in total. The Morgan fingerprint density at radius 3 is 2.29 bits per heavy atom. The molecule has 1 heterocycles. The molecule has 1 aliphatic rings. The van der Waals surface area contributed by atoms with Gasteiger partial charge in [0.25, 0.3) is 5.91 Å². The number of benzene rings is 2. The van der Waals surface area contributed by atoms with Gasteiger partial charge in [-0.15, -0.1) is 0 Å². The van der Waals surface area contributed by atoms with Crippen molar-refractivity contribution in [2.24, 2.45) is 0 Å². The molecule has 2 aromatic carbocycles. The molecule has 0 bridgehead atoms. The third-order valence-electron chi connectivity index (χ3n) is 5.56. The summed E-state index contributed by atoms with van der Waals surface area (Å²) >= 11 is 0. The van der Waals surface area contributed by atoms with Crippen LogP contribution in [0.15, 0.2) is 53.4 Å². The number of methoxy groups -OCH3 is 1. The van der Waals surface area contributed by atoms with Crippen molar-refractivity contribution in [1.29, 1.82) is 0 Å². The molecule has 0 saturated carbocycles. The summed E-state index contributed by atoms with van der Waals surface area (Å²) < 4.78 is 33.3. The van der Waals surface area contributed by atoms with Crippen LogP contribution in [0.2, 0.25) is 0 Å². The van der Waals surface area contributed by atoms with Crippen LogP contribution in [0.3, 0.4) is 0 Å². The third kappa shape index (κ3) is 5.86. The van der Waals surface area contributed by atoms with E-state index >= 15 is 0 Å². The average Bonchev–Trinajstić information content (AvgIpc) is 3.03. The number of carbonyl (C=O) groups is 1. The number of nitrogens with one attached hydrogen (secondary N) is 1. The van der Waals surface area contributed by atoms with Crippen molar-refractivity contribution < 1.29 is 17.9 Å². The van der Waals surface area contributed by atoms with Gasteiger partial charge in [-0.25, -0.2) is 8.42 Å². The highest BCUT2D eigenvalue weighted by Crippen LogP contribution is 2.27. The Kier molecular flexibility index (Phi) is 7.38. The van der Waals surface area contributed by atoms with Crippen molar-refractivity contribution in [1.82, 2.24) is 9.62 Å². The zero-order valence-electron chi connectivity index (χ0n) is 18.6. The second kappa shape index (κ2) is 9.83. The number of hydrogen-bond acceptors (Lipinski definition) is 4. The molecule has 1 fully saturated rings. The Labute approximate surface area is 185 Å². The molecule has 2 aromatic rings. The highest BCUT2D eigenvalue weighted by Gasteiger charge is 2.28. The van der Waals surface area contributed by atoms with Gasteiger partial charge in [0.1, 0.15) is 5.75 Å². The molecule has 0 aromatic heterocycles. The molecule has 0 unspecified atom stereocenters. The van der Waals surface area contributed by atoms with Gasteiger partial charge in [0, 0.05) is 18.6 Å². The number of hydrogen-bond donors (Lipinski definition) is 1. The second-order valence-electron chi connectivity index (χ2n) is 8.68. The van der Waals surface area contributed by atoms with Crippen LogP contribution < -0.4 is 10.1 Å². The van der Waals surface area contributed by atoms with E-state index in [4.69, 9.17) is 4.74 Å². The molecule has 0 atom stereocenters. The summed E-state index contributed by atoms with van der Waals surface area (Å²) in [5.74, 6) is -0.00600.